The first-order valence-corrected chi connectivity index (χ1v) is 7.11. The smallest absolute Gasteiger partial charge is 0.320 e. The number of nitrogens with zero attached hydrogens (tertiary/aromatic N) is 2. The Hall–Kier alpha value is -1.98. The standard InChI is InChI=1S/C15H22N2O4/c1-11(2)15(13(18)19)5-6-17(10-15)14(20)16(3)8-12-4-7-21-9-12/h4,7,9,11H,5-6,8,10H2,1-3H3,(H,18,19). The number of hydrogen-bond acceptors (Lipinski definition) is 3. The van der Waals surface area contributed by atoms with Crippen LogP contribution in [0.15, 0.2) is 23.0 Å². The van der Waals surface area contributed by atoms with Crippen LogP contribution in [0.4, 0.5) is 4.79 Å². The number of carboxylic acid groups (broad SMARTS) is 1. The third-order valence-corrected chi connectivity index (χ3v) is 4.43. The number of urea groups is 1. The summed E-state index contributed by atoms with van der Waals surface area (Å²) in [7, 11) is 1.71. The lowest BCUT2D eigenvalue weighted by molar-refractivity contribution is -0.150. The van der Waals surface area contributed by atoms with Crippen LogP contribution in [0.5, 0.6) is 0 Å². The van der Waals surface area contributed by atoms with Gasteiger partial charge < -0.3 is 19.3 Å². The number of carbonyl (C=O) groups is 2. The number of amides is 2. The van der Waals surface area contributed by atoms with Gasteiger partial charge >= 0.3 is 12.0 Å². The normalized spacial score (nSPS) is 21.8. The summed E-state index contributed by atoms with van der Waals surface area (Å²) < 4.78 is 4.99. The molecule has 1 N–H and O–H groups in total. The maximum Gasteiger partial charge on any atom is 0.320 e. The Morgan fingerprint density at radius 2 is 2.24 bits per heavy atom. The van der Waals surface area contributed by atoms with Gasteiger partial charge in [-0.1, -0.05) is 13.8 Å². The molecule has 2 amide bonds. The van der Waals surface area contributed by atoms with E-state index < -0.39 is 11.4 Å². The van der Waals surface area contributed by atoms with Crippen LogP contribution in [-0.2, 0) is 11.3 Å². The first kappa shape index (κ1) is 15.4. The van der Waals surface area contributed by atoms with Crippen LogP contribution in [0.3, 0.4) is 0 Å². The fraction of sp³-hybridized carbons (Fsp3) is 0.600. The fourth-order valence-corrected chi connectivity index (χ4v) is 2.85. The van der Waals surface area contributed by atoms with Crippen LogP contribution >= 0.6 is 0 Å². The molecule has 1 aromatic heterocycles. The van der Waals surface area contributed by atoms with Gasteiger partial charge in [0, 0.05) is 25.7 Å². The van der Waals surface area contributed by atoms with Crippen molar-refractivity contribution >= 4 is 12.0 Å². The Kier molecular flexibility index (Phi) is 4.25. The third-order valence-electron chi connectivity index (χ3n) is 4.43. The van der Waals surface area contributed by atoms with Gasteiger partial charge in [-0.2, -0.15) is 0 Å². The van der Waals surface area contributed by atoms with E-state index in [-0.39, 0.29) is 18.5 Å². The van der Waals surface area contributed by atoms with E-state index in [9.17, 15) is 14.7 Å². The zero-order valence-corrected chi connectivity index (χ0v) is 12.7. The van der Waals surface area contributed by atoms with Crippen molar-refractivity contribution in [1.82, 2.24) is 9.80 Å². The molecule has 1 fully saturated rings. The SMILES string of the molecule is CC(C)C1(C(=O)O)CCN(C(=O)N(C)Cc2ccoc2)C1. The van der Waals surface area contributed by atoms with Gasteiger partial charge in [-0.3, -0.25) is 4.79 Å². The van der Waals surface area contributed by atoms with Crippen LogP contribution in [0, 0.1) is 11.3 Å². The minimum Gasteiger partial charge on any atom is -0.481 e. The number of hydrogen-bond donors (Lipinski definition) is 1. The molecule has 2 heterocycles. The Morgan fingerprint density at radius 3 is 2.71 bits per heavy atom. The minimum absolute atomic E-state index is 0.00743. The van der Waals surface area contributed by atoms with Gasteiger partial charge in [0.15, 0.2) is 0 Å². The summed E-state index contributed by atoms with van der Waals surface area (Å²) in [5.41, 5.74) is 0.0879. The summed E-state index contributed by atoms with van der Waals surface area (Å²) >= 11 is 0. The lowest BCUT2D eigenvalue weighted by Crippen LogP contribution is -2.44. The molecule has 1 aliphatic rings. The fourth-order valence-electron chi connectivity index (χ4n) is 2.85. The van der Waals surface area contributed by atoms with E-state index in [0.29, 0.717) is 19.5 Å². The molecule has 0 bridgehead atoms. The van der Waals surface area contributed by atoms with Crippen molar-refractivity contribution in [2.24, 2.45) is 11.3 Å². The second-order valence-electron chi connectivity index (χ2n) is 6.06. The van der Waals surface area contributed by atoms with E-state index in [1.165, 1.54) is 0 Å². The maximum atomic E-state index is 12.4. The zero-order valence-electron chi connectivity index (χ0n) is 12.7. The topological polar surface area (TPSA) is 74.0 Å². The van der Waals surface area contributed by atoms with E-state index in [2.05, 4.69) is 0 Å². The second kappa shape index (κ2) is 5.79. The lowest BCUT2D eigenvalue weighted by atomic mass is 9.76. The molecule has 0 spiro atoms. The van der Waals surface area contributed by atoms with Crippen molar-refractivity contribution in [2.75, 3.05) is 20.1 Å². The number of carboxylic acids is 1. The number of likely N-dealkylation sites (tertiary alicyclic amines) is 1. The van der Waals surface area contributed by atoms with Gasteiger partial charge in [0.1, 0.15) is 0 Å². The average Bonchev–Trinajstić information content (AvgIpc) is 3.06. The molecule has 116 valence electrons. The zero-order chi connectivity index (χ0) is 15.6. The summed E-state index contributed by atoms with van der Waals surface area (Å²) in [6, 6.07) is 1.67. The molecule has 0 radical (unpaired) electrons. The first-order chi connectivity index (χ1) is 9.86. The molecular weight excluding hydrogens is 272 g/mol. The van der Waals surface area contributed by atoms with Crippen LogP contribution < -0.4 is 0 Å². The van der Waals surface area contributed by atoms with Gasteiger partial charge in [-0.15, -0.1) is 0 Å². The summed E-state index contributed by atoms with van der Waals surface area (Å²) in [5.74, 6) is -0.822. The van der Waals surface area contributed by atoms with E-state index in [1.54, 1.807) is 29.4 Å². The van der Waals surface area contributed by atoms with Gasteiger partial charge in [-0.05, 0) is 18.4 Å². The molecule has 1 atom stereocenters. The summed E-state index contributed by atoms with van der Waals surface area (Å²) in [5, 5.41) is 9.52. The van der Waals surface area contributed by atoms with Crippen LogP contribution in [-0.4, -0.2) is 47.0 Å². The van der Waals surface area contributed by atoms with Crippen molar-refractivity contribution in [3.63, 3.8) is 0 Å². The minimum atomic E-state index is -0.827. The molecule has 2 rings (SSSR count). The molecule has 0 saturated carbocycles. The van der Waals surface area contributed by atoms with Crippen LogP contribution in [0.1, 0.15) is 25.8 Å². The monoisotopic (exact) mass is 294 g/mol. The van der Waals surface area contributed by atoms with Crippen molar-refractivity contribution in [1.29, 1.82) is 0 Å². The first-order valence-electron chi connectivity index (χ1n) is 7.11. The van der Waals surface area contributed by atoms with Gasteiger partial charge in [-0.25, -0.2) is 4.79 Å². The highest BCUT2D eigenvalue weighted by Gasteiger charge is 2.48. The number of rotatable bonds is 4. The third kappa shape index (κ3) is 2.89. The highest BCUT2D eigenvalue weighted by atomic mass is 16.4. The molecule has 1 saturated heterocycles. The molecule has 0 aliphatic carbocycles. The largest absolute Gasteiger partial charge is 0.481 e. The van der Waals surface area contributed by atoms with Crippen molar-refractivity contribution in [3.8, 4) is 0 Å². The van der Waals surface area contributed by atoms with E-state index >= 15 is 0 Å². The summed E-state index contributed by atoms with van der Waals surface area (Å²) in [6.07, 6.45) is 3.67. The quantitative estimate of drug-likeness (QED) is 0.924. The number of carbonyl (C=O) groups excluding carboxylic acids is 1. The molecule has 1 aromatic rings. The van der Waals surface area contributed by atoms with Crippen molar-refractivity contribution in [2.45, 2.75) is 26.8 Å². The lowest BCUT2D eigenvalue weighted by Gasteiger charge is -2.30. The van der Waals surface area contributed by atoms with Crippen molar-refractivity contribution in [3.05, 3.63) is 24.2 Å². The average molecular weight is 294 g/mol. The predicted octanol–water partition coefficient (Wildman–Crippen LogP) is 2.26. The summed E-state index contributed by atoms with van der Waals surface area (Å²) in [6.45, 7) is 5.01. The Morgan fingerprint density at radius 1 is 1.52 bits per heavy atom. The molecule has 1 aliphatic heterocycles. The molecule has 0 aromatic carbocycles. The molecule has 6 nitrogen and oxygen atoms in total. The Balaban J connectivity index is 2.03. The van der Waals surface area contributed by atoms with Gasteiger partial charge in [0.25, 0.3) is 0 Å². The van der Waals surface area contributed by atoms with E-state index in [4.69, 9.17) is 4.42 Å². The van der Waals surface area contributed by atoms with Crippen LogP contribution in [0.25, 0.3) is 0 Å². The molecule has 21 heavy (non-hydrogen) atoms. The van der Waals surface area contributed by atoms with Crippen LogP contribution in [0.2, 0.25) is 0 Å². The van der Waals surface area contributed by atoms with E-state index in [0.717, 1.165) is 5.56 Å². The highest BCUT2D eigenvalue weighted by Crippen LogP contribution is 2.38. The maximum absolute atomic E-state index is 12.4. The highest BCUT2D eigenvalue weighted by molar-refractivity contribution is 5.80. The number of furan rings is 1. The molecule has 6 heteroatoms. The van der Waals surface area contributed by atoms with Gasteiger partial charge in [0.2, 0.25) is 0 Å². The number of aliphatic carboxylic acids is 1. The Labute approximate surface area is 124 Å². The van der Waals surface area contributed by atoms with Gasteiger partial charge in [0.05, 0.1) is 24.5 Å². The molecule has 1 unspecified atom stereocenters. The predicted molar refractivity (Wildman–Crippen MR) is 76.7 cm³/mol. The van der Waals surface area contributed by atoms with Crippen molar-refractivity contribution < 1.29 is 19.1 Å². The van der Waals surface area contributed by atoms with E-state index in [1.807, 2.05) is 19.9 Å². The molecular formula is C15H22N2O4. The summed E-state index contributed by atoms with van der Waals surface area (Å²) in [4.78, 5) is 27.2. The second-order valence-corrected chi connectivity index (χ2v) is 6.06. The Bertz CT molecular complexity index is 512.